The molecule has 0 fully saturated rings. The van der Waals surface area contributed by atoms with Crippen molar-refractivity contribution in [1.82, 2.24) is 0 Å². The summed E-state index contributed by atoms with van der Waals surface area (Å²) in [6, 6.07) is 79.2. The Labute approximate surface area is 337 Å². The molecule has 3 nitrogen and oxygen atoms in total. The van der Waals surface area contributed by atoms with Gasteiger partial charge in [-0.25, -0.2) is 0 Å². The number of furan rings is 1. The summed E-state index contributed by atoms with van der Waals surface area (Å²) in [5.41, 5.74) is 18.2. The first-order chi connectivity index (χ1) is 28.8. The molecule has 3 heteroatoms. The van der Waals surface area contributed by atoms with Gasteiger partial charge in [-0.05, 0) is 123 Å². The van der Waals surface area contributed by atoms with Crippen molar-refractivity contribution < 1.29 is 4.42 Å². The Kier molecular flexibility index (Phi) is 7.14. The zero-order valence-electron chi connectivity index (χ0n) is 31.6. The molecule has 0 radical (unpaired) electrons. The van der Waals surface area contributed by atoms with Gasteiger partial charge in [-0.1, -0.05) is 140 Å². The number of fused-ring (bicyclic) bond motifs is 13. The van der Waals surface area contributed by atoms with Gasteiger partial charge in [0.05, 0.1) is 16.5 Å². The van der Waals surface area contributed by atoms with E-state index in [-0.39, 0.29) is 0 Å². The SMILES string of the molecule is c1ccc(N(c2ccccc2)c2ccc3c(c2)-c2ccccc2C32c3ccccc3-c3ccc(N(c4ccccc4)c4cccc5oc6ccccc6c45)cc32)cc1. The topological polar surface area (TPSA) is 19.6 Å². The number of hydrogen-bond acceptors (Lipinski definition) is 3. The molecule has 0 bridgehead atoms. The lowest BCUT2D eigenvalue weighted by molar-refractivity contribution is 0.669. The highest BCUT2D eigenvalue weighted by atomic mass is 16.3. The lowest BCUT2D eigenvalue weighted by atomic mass is 9.70. The maximum Gasteiger partial charge on any atom is 0.137 e. The molecule has 9 aromatic carbocycles. The Balaban J connectivity index is 1.12. The van der Waals surface area contributed by atoms with Crippen molar-refractivity contribution in [2.75, 3.05) is 9.80 Å². The van der Waals surface area contributed by atoms with Crippen LogP contribution in [0.4, 0.5) is 34.1 Å². The fourth-order valence-corrected chi connectivity index (χ4v) is 9.95. The summed E-state index contributed by atoms with van der Waals surface area (Å²) in [4.78, 5) is 4.77. The maximum atomic E-state index is 6.44. The van der Waals surface area contributed by atoms with Crippen LogP contribution in [0.1, 0.15) is 22.3 Å². The highest BCUT2D eigenvalue weighted by molar-refractivity contribution is 6.13. The third-order valence-electron chi connectivity index (χ3n) is 12.2. The average molecular weight is 741 g/mol. The summed E-state index contributed by atoms with van der Waals surface area (Å²) >= 11 is 0. The number of para-hydroxylation sites is 4. The molecule has 0 saturated heterocycles. The monoisotopic (exact) mass is 740 g/mol. The van der Waals surface area contributed by atoms with Crippen LogP contribution in [0.2, 0.25) is 0 Å². The first-order valence-electron chi connectivity index (χ1n) is 19.9. The minimum absolute atomic E-state index is 0.520. The van der Waals surface area contributed by atoms with Gasteiger partial charge in [0.25, 0.3) is 0 Å². The Morgan fingerprint density at radius 2 is 0.810 bits per heavy atom. The lowest BCUT2D eigenvalue weighted by Gasteiger charge is -2.32. The van der Waals surface area contributed by atoms with Gasteiger partial charge in [-0.2, -0.15) is 0 Å². The van der Waals surface area contributed by atoms with E-state index in [0.717, 1.165) is 56.1 Å². The maximum absolute atomic E-state index is 6.44. The second-order valence-corrected chi connectivity index (χ2v) is 15.2. The first-order valence-corrected chi connectivity index (χ1v) is 19.9. The van der Waals surface area contributed by atoms with E-state index < -0.39 is 5.41 Å². The van der Waals surface area contributed by atoms with Crippen molar-refractivity contribution in [3.8, 4) is 22.3 Å². The minimum atomic E-state index is -0.520. The Morgan fingerprint density at radius 3 is 1.50 bits per heavy atom. The summed E-state index contributed by atoms with van der Waals surface area (Å²) in [5.74, 6) is 0. The molecular weight excluding hydrogens is 705 g/mol. The van der Waals surface area contributed by atoms with E-state index in [1.165, 1.54) is 44.5 Å². The fourth-order valence-electron chi connectivity index (χ4n) is 9.95. The predicted octanol–water partition coefficient (Wildman–Crippen LogP) is 14.9. The Bertz CT molecular complexity index is 3150. The van der Waals surface area contributed by atoms with Gasteiger partial charge in [0.1, 0.15) is 11.2 Å². The van der Waals surface area contributed by atoms with Gasteiger partial charge in [-0.3, -0.25) is 0 Å². The molecule has 2 aliphatic carbocycles. The van der Waals surface area contributed by atoms with Crippen LogP contribution >= 0.6 is 0 Å². The molecule has 0 N–H and O–H groups in total. The molecule has 1 aromatic heterocycles. The molecule has 1 spiro atoms. The quantitative estimate of drug-likeness (QED) is 0.169. The summed E-state index contributed by atoms with van der Waals surface area (Å²) in [6.45, 7) is 0. The standard InChI is InChI=1S/C55H36N2O/c1-4-17-37(18-5-1)56(38-19-6-2-7-20-38)40-32-34-49-46(35-40)43-24-11-14-27-48(43)55(49)47-26-13-10-23-42(47)44-33-31-41(36-50(44)55)57(39-21-8-3-9-22-39)51-28-16-30-53-54(51)45-25-12-15-29-52(45)58-53/h1-36H. The van der Waals surface area contributed by atoms with Crippen molar-refractivity contribution in [3.05, 3.63) is 241 Å². The van der Waals surface area contributed by atoms with E-state index in [0.29, 0.717) is 0 Å². The summed E-state index contributed by atoms with van der Waals surface area (Å²) in [6.07, 6.45) is 0. The molecule has 0 amide bonds. The highest BCUT2D eigenvalue weighted by Crippen LogP contribution is 2.64. The second-order valence-electron chi connectivity index (χ2n) is 15.2. The molecule has 0 saturated carbocycles. The molecule has 12 rings (SSSR count). The lowest BCUT2D eigenvalue weighted by Crippen LogP contribution is -2.26. The Hall–Kier alpha value is -7.62. The van der Waals surface area contributed by atoms with Crippen LogP contribution < -0.4 is 9.80 Å². The van der Waals surface area contributed by atoms with Gasteiger partial charge < -0.3 is 14.2 Å². The van der Waals surface area contributed by atoms with Gasteiger partial charge in [0.15, 0.2) is 0 Å². The largest absolute Gasteiger partial charge is 0.456 e. The summed E-state index contributed by atoms with van der Waals surface area (Å²) in [7, 11) is 0. The number of anilines is 6. The molecule has 58 heavy (non-hydrogen) atoms. The van der Waals surface area contributed by atoms with Crippen LogP contribution in [0.3, 0.4) is 0 Å². The van der Waals surface area contributed by atoms with Gasteiger partial charge in [0, 0.05) is 33.8 Å². The van der Waals surface area contributed by atoms with E-state index in [1.807, 2.05) is 6.07 Å². The van der Waals surface area contributed by atoms with Crippen LogP contribution in [-0.4, -0.2) is 0 Å². The van der Waals surface area contributed by atoms with Crippen molar-refractivity contribution in [1.29, 1.82) is 0 Å². The third-order valence-corrected chi connectivity index (χ3v) is 12.2. The highest BCUT2D eigenvalue weighted by Gasteiger charge is 2.52. The van der Waals surface area contributed by atoms with Crippen LogP contribution in [0.15, 0.2) is 223 Å². The van der Waals surface area contributed by atoms with Gasteiger partial charge >= 0.3 is 0 Å². The molecule has 1 heterocycles. The van der Waals surface area contributed by atoms with E-state index in [4.69, 9.17) is 4.42 Å². The number of benzene rings is 9. The van der Waals surface area contributed by atoms with Crippen LogP contribution in [0, 0.1) is 0 Å². The van der Waals surface area contributed by atoms with Gasteiger partial charge in [-0.15, -0.1) is 0 Å². The smallest absolute Gasteiger partial charge is 0.137 e. The average Bonchev–Trinajstić information content (AvgIpc) is 3.92. The molecule has 2 aliphatic rings. The van der Waals surface area contributed by atoms with Crippen molar-refractivity contribution in [3.63, 3.8) is 0 Å². The predicted molar refractivity (Wildman–Crippen MR) is 239 cm³/mol. The zero-order chi connectivity index (χ0) is 38.2. The van der Waals surface area contributed by atoms with E-state index in [2.05, 4.69) is 222 Å². The normalized spacial score (nSPS) is 14.6. The van der Waals surface area contributed by atoms with Crippen molar-refractivity contribution >= 4 is 56.1 Å². The zero-order valence-corrected chi connectivity index (χ0v) is 31.6. The number of nitrogens with zero attached hydrogens (tertiary/aromatic N) is 2. The van der Waals surface area contributed by atoms with E-state index in [1.54, 1.807) is 0 Å². The summed E-state index contributed by atoms with van der Waals surface area (Å²) in [5, 5.41) is 2.21. The van der Waals surface area contributed by atoms with E-state index in [9.17, 15) is 0 Å². The van der Waals surface area contributed by atoms with Crippen molar-refractivity contribution in [2.45, 2.75) is 5.41 Å². The molecule has 10 aromatic rings. The minimum Gasteiger partial charge on any atom is -0.456 e. The molecule has 0 aliphatic heterocycles. The number of hydrogen-bond donors (Lipinski definition) is 0. The molecule has 1 unspecified atom stereocenters. The third kappa shape index (κ3) is 4.62. The molecule has 1 atom stereocenters. The number of rotatable bonds is 6. The van der Waals surface area contributed by atoms with Gasteiger partial charge in [0.2, 0.25) is 0 Å². The molecule has 272 valence electrons. The van der Waals surface area contributed by atoms with Crippen LogP contribution in [0.5, 0.6) is 0 Å². The van der Waals surface area contributed by atoms with E-state index >= 15 is 0 Å². The first kappa shape index (κ1) is 32.6. The Morgan fingerprint density at radius 1 is 0.310 bits per heavy atom. The molecular formula is C55H36N2O. The van der Waals surface area contributed by atoms with Crippen LogP contribution in [-0.2, 0) is 5.41 Å². The van der Waals surface area contributed by atoms with Crippen LogP contribution in [0.25, 0.3) is 44.2 Å². The fraction of sp³-hybridized carbons (Fsp3) is 0.0182. The van der Waals surface area contributed by atoms with Crippen molar-refractivity contribution in [2.24, 2.45) is 0 Å². The second kappa shape index (κ2) is 12.7. The summed E-state index contributed by atoms with van der Waals surface area (Å²) < 4.78 is 6.44.